The van der Waals surface area contributed by atoms with Crippen LogP contribution >= 0.6 is 0 Å². The highest BCUT2D eigenvalue weighted by molar-refractivity contribution is 8.82. The van der Waals surface area contributed by atoms with Crippen LogP contribution in [0.2, 0.25) is 0 Å². The molecule has 0 radical (unpaired) electrons. The van der Waals surface area contributed by atoms with Crippen molar-refractivity contribution >= 4 is 515 Å². The molecule has 1 aliphatic rings. The van der Waals surface area contributed by atoms with Gasteiger partial charge in [0, 0.05) is 503 Å². The molecule has 0 amide bonds. The quantitative estimate of drug-likeness (QED) is 0.0737. The van der Waals surface area contributed by atoms with Crippen LogP contribution in [0.5, 0.6) is 11.5 Å². The molecule has 93 heavy (non-hydrogen) atoms. The number of carbonyl (C=O) groups is 2. The zero-order valence-electron chi connectivity index (χ0n) is 45.3. The van der Waals surface area contributed by atoms with Crippen LogP contribution in [0.4, 0.5) is 0 Å². The van der Waals surface area contributed by atoms with Crippen LogP contribution in [-0.4, -0.2) is 49.4 Å². The van der Waals surface area contributed by atoms with Crippen molar-refractivity contribution in [2.24, 2.45) is 0 Å². The van der Waals surface area contributed by atoms with Crippen LogP contribution in [0, 0.1) is 0 Å². The fraction of sp³-hybridized carbons (Fsp3) is 0.500. The molecule has 63 heteroatoms. The molecular weight excluding hydrogens is 2250 g/mol. The first kappa shape index (κ1) is 101. The smallest absolute Gasteiger partial charge is 0.422 e. The fourth-order valence-corrected chi connectivity index (χ4v) is 133. The Balaban J connectivity index is 0.00000123. The normalized spacial score (nSPS) is 9.86. The molecule has 0 fully saturated rings. The Labute approximate surface area is 706 Å². The van der Waals surface area contributed by atoms with Crippen molar-refractivity contribution in [3.8, 4) is 11.5 Å². The predicted molar refractivity (Wildman–Crippen MR) is 551 cm³/mol. The Morgan fingerprint density at radius 1 is 0.419 bits per heavy atom. The Morgan fingerprint density at radius 3 is 1.01 bits per heavy atom. The standard InChI is InChI=1S/C15H20N2O3.C15H20O3.S28.S27/c1-3-4-5-8-11-20-15(18)14(17-16)12-9-6-7-10-13(12)19-2;1-2-3-4-7-10-17-15(16)13-11-18-14-9-6-5-8-12(13)14;1-3-5-7-9-11-13-15-17-19-21-23-25-27-28-26-24-22-20-18-16-14-12-10-8-6-4-2;1-3-5-7-9-11-13-15-17-19-21-23-25-27-26-24-22-20-18-16-14-12-10-8-6-4-2/h6-7,9-10H,3-5,8,11H2,1-2H3;5-6,8-9,13H,2-4,7,10-11H2,1H3;;. The molecule has 2 aromatic rings. The van der Waals surface area contributed by atoms with E-state index in [9.17, 15) is 9.59 Å². The first-order valence-corrected chi connectivity index (χ1v) is 93.0. The molecule has 3 rings (SSSR count). The second-order valence-electron chi connectivity index (χ2n) is 12.4. The second-order valence-corrected chi connectivity index (χ2v) is 103. The summed E-state index contributed by atoms with van der Waals surface area (Å²) in [5.74, 6) is 0.228. The third kappa shape index (κ3) is 69.4. The van der Waals surface area contributed by atoms with Crippen LogP contribution in [-0.2, 0) is 517 Å². The van der Waals surface area contributed by atoms with Gasteiger partial charge in [-0.3, -0.25) is 4.79 Å². The van der Waals surface area contributed by atoms with Gasteiger partial charge < -0.3 is 24.5 Å². The largest absolute Gasteiger partial charge is 0.496 e. The minimum Gasteiger partial charge on any atom is -0.496 e. The lowest BCUT2D eigenvalue weighted by molar-refractivity contribution is -0.145. The van der Waals surface area contributed by atoms with E-state index in [1.165, 1.54) is 55.5 Å². The van der Waals surface area contributed by atoms with E-state index in [1.54, 1.807) is 273 Å². The summed E-state index contributed by atoms with van der Waals surface area (Å²) in [4.78, 5) is 26.9. The Bertz CT molecular complexity index is 5160. The lowest BCUT2D eigenvalue weighted by atomic mass is 10.0. The molecule has 0 bridgehead atoms. The molecule has 1 heterocycles. The van der Waals surface area contributed by atoms with E-state index in [0.29, 0.717) is 31.1 Å². The van der Waals surface area contributed by atoms with Gasteiger partial charge in [0.25, 0.3) is 0 Å². The van der Waals surface area contributed by atoms with E-state index in [1.807, 2.05) is 193 Å². The monoisotopic (exact) mass is 2280 g/mol. The summed E-state index contributed by atoms with van der Waals surface area (Å²) in [6, 6.07) is 14.5. The fourth-order valence-electron chi connectivity index (χ4n) is 4.50. The molecule has 1 unspecified atom stereocenters. The topological polar surface area (TPSA) is 107 Å². The lowest BCUT2D eigenvalue weighted by Gasteiger charge is -2.09. The van der Waals surface area contributed by atoms with E-state index in [4.69, 9.17) is 69.2 Å². The Morgan fingerprint density at radius 2 is 0.710 bits per heavy atom. The number of methoxy groups -OCH3 is 1. The van der Waals surface area contributed by atoms with Crippen LogP contribution in [0.3, 0.4) is 0 Å². The van der Waals surface area contributed by atoms with Gasteiger partial charge in [-0.1, -0.05) is 82.7 Å². The van der Waals surface area contributed by atoms with Crippen molar-refractivity contribution in [3.05, 3.63) is 65.2 Å². The van der Waals surface area contributed by atoms with Gasteiger partial charge in [-0.25, -0.2) is 4.79 Å². The first-order chi connectivity index (χ1) is 45.9. The van der Waals surface area contributed by atoms with Gasteiger partial charge in [-0.05, 0) is 31.0 Å². The number of rotatable bonds is 14. The van der Waals surface area contributed by atoms with E-state index in [0.717, 1.165) is 49.8 Å². The average Bonchev–Trinajstić information content (AvgIpc) is 1.79. The van der Waals surface area contributed by atoms with Gasteiger partial charge in [0.2, 0.25) is 0 Å². The van der Waals surface area contributed by atoms with Crippen molar-refractivity contribution in [1.29, 1.82) is 0 Å². The summed E-state index contributed by atoms with van der Waals surface area (Å²) in [5, 5.41) is 0. The van der Waals surface area contributed by atoms with E-state index >= 15 is 0 Å². The molecule has 0 spiro atoms. The molecule has 536 valence electrons. The highest BCUT2D eigenvalue weighted by atomic mass is 33.5. The number of hydrogen-bond acceptors (Lipinski definition) is 10. The molecule has 0 saturated carbocycles. The minimum absolute atomic E-state index is 0.141. The van der Waals surface area contributed by atoms with E-state index in [2.05, 4.69) is 18.6 Å². The van der Waals surface area contributed by atoms with Gasteiger partial charge in [0.1, 0.15) is 29.6 Å². The number of nitrogens with zero attached hydrogens (tertiary/aromatic N) is 2. The van der Waals surface area contributed by atoms with E-state index in [-0.39, 0.29) is 17.6 Å². The molecule has 8 nitrogen and oxygen atoms in total. The van der Waals surface area contributed by atoms with Gasteiger partial charge in [-0.15, -0.1) is 0 Å². The Hall–Kier alpha value is 8.46. The number of ether oxygens (including phenoxy) is 4. The zero-order chi connectivity index (χ0) is 67.7. The zero-order valence-corrected chi connectivity index (χ0v) is 90.2. The maximum absolute atomic E-state index is 11.9. The molecule has 0 aliphatic carbocycles. The maximum Gasteiger partial charge on any atom is 0.422 e. The minimum atomic E-state index is -0.645. The number of hydrogen-bond donors (Lipinski definition) is 0. The molecule has 0 aromatic heterocycles. The molecule has 0 N–H and O–H groups in total. The molecular formula is C30H40N2O6S55. The summed E-state index contributed by atoms with van der Waals surface area (Å²) >= 11 is 19.1. The van der Waals surface area contributed by atoms with Crippen LogP contribution in [0.1, 0.15) is 82.3 Å². The average molecular weight is 2290 g/mol. The van der Waals surface area contributed by atoms with Crippen LogP contribution < -0.4 is 9.47 Å². The van der Waals surface area contributed by atoms with Gasteiger partial charge >= 0.3 is 17.7 Å². The van der Waals surface area contributed by atoms with Gasteiger partial charge in [-0.2, -0.15) is 4.79 Å². The number of unbranched alkanes of at least 4 members (excludes halogenated alkanes) is 6. The van der Waals surface area contributed by atoms with Gasteiger partial charge in [0.15, 0.2) is 0 Å². The first-order valence-electron chi connectivity index (χ1n) is 22.3. The SMILES string of the molecule is CCCCCCOC(=O)C(=[N+]=[N-])c1ccccc1OC.CCCCCCOC(=O)C1COc2ccccc21.S=S=S=S=S=S=S=S=S=S=S=S=S=S=S=S=S=S=S=S=S=S=S=S=S=S=S.S=S=S=S=S=S=S=S=S=S=S=S=S=S=S=S=S=S=S=S=S=S=S=S=S=S=S=S. The number of fused-ring (bicyclic) bond motifs is 1. The van der Waals surface area contributed by atoms with Crippen molar-refractivity contribution in [1.82, 2.24) is 0 Å². The lowest BCUT2D eigenvalue weighted by Crippen LogP contribution is -2.21. The van der Waals surface area contributed by atoms with Crippen molar-refractivity contribution in [2.75, 3.05) is 26.9 Å². The second kappa shape index (κ2) is 86.1. The third-order valence-corrected chi connectivity index (χ3v) is 116. The summed E-state index contributed by atoms with van der Waals surface area (Å²) in [6.45, 7) is 5.54. The molecule has 1 atom stereocenters. The summed E-state index contributed by atoms with van der Waals surface area (Å²) < 4.78 is 21.0. The van der Waals surface area contributed by atoms with Crippen molar-refractivity contribution in [2.45, 2.75) is 71.1 Å². The third-order valence-electron chi connectivity index (χ3n) is 7.47. The number of para-hydroxylation sites is 2. The summed E-state index contributed by atoms with van der Waals surface area (Å²) in [7, 11) is 90.5. The van der Waals surface area contributed by atoms with Crippen LogP contribution in [0.25, 0.3) is 5.53 Å². The Kier molecular flexibility index (Phi) is 93.9. The van der Waals surface area contributed by atoms with Crippen molar-refractivity contribution in [3.63, 3.8) is 0 Å². The number of benzene rings is 2. The molecule has 1 aliphatic heterocycles. The maximum atomic E-state index is 11.9. The van der Waals surface area contributed by atoms with Gasteiger partial charge in [0.05, 0.1) is 20.3 Å². The predicted octanol–water partition coefficient (Wildman–Crippen LogP) is 5.99. The summed E-state index contributed by atoms with van der Waals surface area (Å²) in [6.07, 6.45) is 8.54. The van der Waals surface area contributed by atoms with Crippen LogP contribution in [0.15, 0.2) is 48.5 Å². The molecule has 0 saturated heterocycles. The highest BCUT2D eigenvalue weighted by Crippen LogP contribution is 2.34. The highest BCUT2D eigenvalue weighted by Gasteiger charge is 2.31. The molecule has 2 aromatic carbocycles. The number of carbonyl (C=O) groups excluding carboxylic acids is 2. The summed E-state index contributed by atoms with van der Waals surface area (Å²) in [5.41, 5.74) is 10.3. The number of esters is 2. The van der Waals surface area contributed by atoms with Crippen molar-refractivity contribution < 1.29 is 33.3 Å². The van der Waals surface area contributed by atoms with E-state index < -0.39 is 5.97 Å².